The monoisotopic (exact) mass is 492 g/mol. The minimum absolute atomic E-state index is 0.654. The van der Waals surface area contributed by atoms with E-state index in [-0.39, 0.29) is 0 Å². The summed E-state index contributed by atoms with van der Waals surface area (Å²) in [7, 11) is 0. The Kier molecular flexibility index (Phi) is 6.64. The minimum atomic E-state index is 0.654. The summed E-state index contributed by atoms with van der Waals surface area (Å²) in [6.07, 6.45) is 4.12. The molecule has 1 heterocycles. The van der Waals surface area contributed by atoms with Crippen LogP contribution in [-0.2, 0) is 6.54 Å². The third kappa shape index (κ3) is 4.82. The lowest BCUT2D eigenvalue weighted by atomic mass is 10.0. The van der Waals surface area contributed by atoms with Crippen molar-refractivity contribution in [2.75, 3.05) is 5.75 Å². The molecule has 0 aliphatic heterocycles. The van der Waals surface area contributed by atoms with E-state index in [1.165, 1.54) is 10.4 Å². The zero-order valence-electron chi connectivity index (χ0n) is 16.1. The van der Waals surface area contributed by atoms with E-state index < -0.39 is 0 Å². The number of benzene rings is 3. The molecule has 2 nitrogen and oxygen atoms in total. The SMILES string of the molecule is N#C/C(=C/c1cn(CCSc2ccc(Cl)cc2)c2ccccc12)c1ccc(Br)cc1. The van der Waals surface area contributed by atoms with Gasteiger partial charge in [-0.2, -0.15) is 5.26 Å². The molecule has 0 aliphatic rings. The van der Waals surface area contributed by atoms with Gasteiger partial charge in [0.2, 0.25) is 0 Å². The lowest BCUT2D eigenvalue weighted by molar-refractivity contribution is 0.807. The number of hydrogen-bond donors (Lipinski definition) is 0. The lowest BCUT2D eigenvalue weighted by Crippen LogP contribution is -1.98. The Morgan fingerprint density at radius 2 is 1.77 bits per heavy atom. The summed E-state index contributed by atoms with van der Waals surface area (Å²) >= 11 is 11.2. The molecule has 0 bridgehead atoms. The van der Waals surface area contributed by atoms with Crippen LogP contribution in [0.25, 0.3) is 22.6 Å². The fourth-order valence-corrected chi connectivity index (χ4v) is 4.58. The number of nitriles is 1. The minimum Gasteiger partial charge on any atom is -0.346 e. The van der Waals surface area contributed by atoms with Gasteiger partial charge in [-0.15, -0.1) is 11.8 Å². The Morgan fingerprint density at radius 3 is 2.50 bits per heavy atom. The van der Waals surface area contributed by atoms with Gasteiger partial charge < -0.3 is 4.57 Å². The van der Waals surface area contributed by atoms with Crippen molar-refractivity contribution < 1.29 is 0 Å². The van der Waals surface area contributed by atoms with Crippen LogP contribution in [0.3, 0.4) is 0 Å². The number of aromatic nitrogens is 1. The van der Waals surface area contributed by atoms with Crippen molar-refractivity contribution in [3.63, 3.8) is 0 Å². The normalized spacial score (nSPS) is 11.6. The quantitative estimate of drug-likeness (QED) is 0.202. The molecular weight excluding hydrogens is 476 g/mol. The molecular formula is C25H18BrClN2S. The number of nitrogens with zero attached hydrogens (tertiary/aromatic N) is 2. The summed E-state index contributed by atoms with van der Waals surface area (Å²) < 4.78 is 3.26. The number of hydrogen-bond acceptors (Lipinski definition) is 2. The molecule has 5 heteroatoms. The molecule has 1 aromatic heterocycles. The first kappa shape index (κ1) is 20.8. The molecule has 0 fully saturated rings. The van der Waals surface area contributed by atoms with Gasteiger partial charge in [-0.05, 0) is 54.1 Å². The Bertz CT molecular complexity index is 1240. The van der Waals surface area contributed by atoms with Crippen LogP contribution in [0.5, 0.6) is 0 Å². The van der Waals surface area contributed by atoms with Crippen LogP contribution in [0.4, 0.5) is 0 Å². The molecule has 4 rings (SSSR count). The molecule has 0 saturated heterocycles. The molecule has 3 aromatic carbocycles. The maximum absolute atomic E-state index is 9.73. The van der Waals surface area contributed by atoms with Crippen LogP contribution < -0.4 is 0 Å². The van der Waals surface area contributed by atoms with Crippen molar-refractivity contribution in [3.8, 4) is 6.07 Å². The van der Waals surface area contributed by atoms with Crippen molar-refractivity contribution in [1.29, 1.82) is 5.26 Å². The summed E-state index contributed by atoms with van der Waals surface area (Å²) in [5.74, 6) is 0.946. The van der Waals surface area contributed by atoms with Crippen molar-refractivity contribution in [2.45, 2.75) is 11.4 Å². The van der Waals surface area contributed by atoms with E-state index in [1.54, 1.807) is 11.8 Å². The van der Waals surface area contributed by atoms with Crippen molar-refractivity contribution in [3.05, 3.63) is 99.6 Å². The van der Waals surface area contributed by atoms with Crippen LogP contribution >= 0.6 is 39.3 Å². The fraction of sp³-hybridized carbons (Fsp3) is 0.0800. The van der Waals surface area contributed by atoms with E-state index in [2.05, 4.69) is 51.0 Å². The maximum atomic E-state index is 9.73. The molecule has 0 aliphatic carbocycles. The molecule has 0 atom stereocenters. The van der Waals surface area contributed by atoms with Crippen molar-refractivity contribution in [1.82, 2.24) is 4.57 Å². The summed E-state index contributed by atoms with van der Waals surface area (Å²) in [6, 6.07) is 26.5. The van der Waals surface area contributed by atoms with Gasteiger partial charge in [0, 0.05) is 49.4 Å². The largest absolute Gasteiger partial charge is 0.346 e. The summed E-state index contributed by atoms with van der Waals surface area (Å²) in [5.41, 5.74) is 3.80. The second-order valence-corrected chi connectivity index (χ2v) is 9.29. The van der Waals surface area contributed by atoms with Gasteiger partial charge in [-0.3, -0.25) is 0 Å². The first-order valence-corrected chi connectivity index (χ1v) is 11.6. The first-order chi connectivity index (χ1) is 14.6. The molecule has 0 amide bonds. The maximum Gasteiger partial charge on any atom is 0.0998 e. The van der Waals surface area contributed by atoms with Crippen LogP contribution in [0.15, 0.2) is 88.4 Å². The summed E-state index contributed by atoms with van der Waals surface area (Å²) in [6.45, 7) is 0.877. The summed E-state index contributed by atoms with van der Waals surface area (Å²) in [4.78, 5) is 1.21. The highest BCUT2D eigenvalue weighted by Crippen LogP contribution is 2.28. The van der Waals surface area contributed by atoms with Gasteiger partial charge in [0.15, 0.2) is 0 Å². The van der Waals surface area contributed by atoms with E-state index in [1.807, 2.05) is 60.7 Å². The Labute approximate surface area is 193 Å². The molecule has 0 radical (unpaired) electrons. The van der Waals surface area contributed by atoms with Gasteiger partial charge in [0.25, 0.3) is 0 Å². The third-order valence-electron chi connectivity index (χ3n) is 4.81. The van der Waals surface area contributed by atoms with E-state index in [0.29, 0.717) is 5.57 Å². The van der Waals surface area contributed by atoms with Crippen LogP contribution in [0, 0.1) is 11.3 Å². The molecule has 0 saturated carbocycles. The van der Waals surface area contributed by atoms with Gasteiger partial charge >= 0.3 is 0 Å². The number of aryl methyl sites for hydroxylation is 1. The van der Waals surface area contributed by atoms with E-state index in [9.17, 15) is 5.26 Å². The second-order valence-electron chi connectivity index (χ2n) is 6.77. The highest BCUT2D eigenvalue weighted by atomic mass is 79.9. The summed E-state index contributed by atoms with van der Waals surface area (Å²) in [5, 5.41) is 11.6. The molecule has 4 aromatic rings. The standard InChI is InChI=1S/C25H18BrClN2S/c26-21-7-5-18(6-8-21)19(16-28)15-20-17-29(25-4-2-1-3-24(20)25)13-14-30-23-11-9-22(27)10-12-23/h1-12,15,17H,13-14H2/b19-15-. The smallest absolute Gasteiger partial charge is 0.0998 e. The highest BCUT2D eigenvalue weighted by molar-refractivity contribution is 9.10. The Morgan fingerprint density at radius 1 is 1.03 bits per heavy atom. The van der Waals surface area contributed by atoms with Gasteiger partial charge in [0.1, 0.15) is 0 Å². The second kappa shape index (κ2) is 9.57. The van der Waals surface area contributed by atoms with E-state index >= 15 is 0 Å². The van der Waals surface area contributed by atoms with Crippen LogP contribution in [-0.4, -0.2) is 10.3 Å². The average Bonchev–Trinajstić information content (AvgIpc) is 3.12. The van der Waals surface area contributed by atoms with E-state index in [0.717, 1.165) is 38.3 Å². The van der Waals surface area contributed by atoms with Crippen LogP contribution in [0.2, 0.25) is 5.02 Å². The van der Waals surface area contributed by atoms with E-state index in [4.69, 9.17) is 11.6 Å². The van der Waals surface area contributed by atoms with Crippen LogP contribution in [0.1, 0.15) is 11.1 Å². The number of rotatable bonds is 6. The molecule has 30 heavy (non-hydrogen) atoms. The number of para-hydroxylation sites is 1. The zero-order chi connectivity index (χ0) is 20.9. The predicted molar refractivity (Wildman–Crippen MR) is 132 cm³/mol. The molecule has 148 valence electrons. The van der Waals surface area contributed by atoms with Gasteiger partial charge in [-0.25, -0.2) is 0 Å². The Hall–Kier alpha value is -2.45. The van der Waals surface area contributed by atoms with Crippen molar-refractivity contribution >= 4 is 61.8 Å². The predicted octanol–water partition coefficient (Wildman–Crippen LogP) is 7.91. The number of thioether (sulfide) groups is 1. The Balaban J connectivity index is 1.60. The third-order valence-corrected chi connectivity index (χ3v) is 6.58. The molecule has 0 unspecified atom stereocenters. The van der Waals surface area contributed by atoms with Gasteiger partial charge in [0.05, 0.1) is 11.6 Å². The number of halogens is 2. The fourth-order valence-electron chi connectivity index (χ4n) is 3.33. The first-order valence-electron chi connectivity index (χ1n) is 9.48. The molecule has 0 spiro atoms. The zero-order valence-corrected chi connectivity index (χ0v) is 19.2. The number of fused-ring (bicyclic) bond motifs is 1. The lowest BCUT2D eigenvalue weighted by Gasteiger charge is -2.05. The van der Waals surface area contributed by atoms with Gasteiger partial charge in [-0.1, -0.05) is 57.9 Å². The number of allylic oxidation sites excluding steroid dienone is 1. The van der Waals surface area contributed by atoms with Crippen molar-refractivity contribution in [2.24, 2.45) is 0 Å². The highest BCUT2D eigenvalue weighted by Gasteiger charge is 2.09. The topological polar surface area (TPSA) is 28.7 Å². The average molecular weight is 494 g/mol. The molecule has 0 N–H and O–H groups in total.